The quantitative estimate of drug-likeness (QED) is 0.731. The Hall–Kier alpha value is -1.40. The summed E-state index contributed by atoms with van der Waals surface area (Å²) in [4.78, 5) is 14.5. The van der Waals surface area contributed by atoms with E-state index in [1.165, 1.54) is 0 Å². The van der Waals surface area contributed by atoms with Gasteiger partial charge in [0.2, 0.25) is 0 Å². The van der Waals surface area contributed by atoms with E-state index in [1.54, 1.807) is 0 Å². The van der Waals surface area contributed by atoms with E-state index in [9.17, 15) is 4.79 Å². The molecule has 0 radical (unpaired) electrons. The van der Waals surface area contributed by atoms with Gasteiger partial charge in [-0.15, -0.1) is 0 Å². The van der Waals surface area contributed by atoms with Crippen molar-refractivity contribution in [1.29, 1.82) is 0 Å². The lowest BCUT2D eigenvalue weighted by Gasteiger charge is -2.33. The van der Waals surface area contributed by atoms with Gasteiger partial charge < -0.3 is 9.64 Å². The van der Waals surface area contributed by atoms with Crippen LogP contribution in [0.4, 0.5) is 0 Å². The van der Waals surface area contributed by atoms with Gasteiger partial charge in [0.05, 0.1) is 13.2 Å². The molecule has 21 heavy (non-hydrogen) atoms. The van der Waals surface area contributed by atoms with Crippen LogP contribution >= 0.6 is 22.6 Å². The van der Waals surface area contributed by atoms with Crippen LogP contribution in [0.5, 0.6) is 0 Å². The Morgan fingerprint density at radius 2 is 1.95 bits per heavy atom. The number of hydrogen-bond acceptors (Lipinski definition) is 2. The van der Waals surface area contributed by atoms with Crippen molar-refractivity contribution in [2.45, 2.75) is 6.10 Å². The van der Waals surface area contributed by atoms with E-state index in [0.717, 1.165) is 14.7 Å². The number of amides is 1. The predicted octanol–water partition coefficient (Wildman–Crippen LogP) is 3.50. The van der Waals surface area contributed by atoms with E-state index in [1.807, 2.05) is 59.5 Å². The van der Waals surface area contributed by atoms with Crippen LogP contribution in [-0.4, -0.2) is 30.5 Å². The van der Waals surface area contributed by atoms with E-state index in [2.05, 4.69) is 22.6 Å². The van der Waals surface area contributed by atoms with Gasteiger partial charge in [0.15, 0.2) is 0 Å². The van der Waals surface area contributed by atoms with Crippen molar-refractivity contribution < 1.29 is 9.53 Å². The minimum absolute atomic E-state index is 0.0355. The molecule has 0 N–H and O–H groups in total. The molecule has 0 aliphatic carbocycles. The van der Waals surface area contributed by atoms with E-state index in [-0.39, 0.29) is 12.0 Å². The highest BCUT2D eigenvalue weighted by molar-refractivity contribution is 14.1. The van der Waals surface area contributed by atoms with E-state index in [4.69, 9.17) is 4.74 Å². The highest BCUT2D eigenvalue weighted by Gasteiger charge is 2.25. The topological polar surface area (TPSA) is 29.5 Å². The normalized spacial score (nSPS) is 18.5. The Morgan fingerprint density at radius 3 is 2.71 bits per heavy atom. The van der Waals surface area contributed by atoms with Crippen molar-refractivity contribution in [3.63, 3.8) is 0 Å². The van der Waals surface area contributed by atoms with Crippen molar-refractivity contribution in [2.24, 2.45) is 0 Å². The van der Waals surface area contributed by atoms with Crippen LogP contribution in [0, 0.1) is 3.57 Å². The molecule has 3 rings (SSSR count). The first kappa shape index (κ1) is 14.5. The Balaban J connectivity index is 1.75. The molecule has 0 spiro atoms. The van der Waals surface area contributed by atoms with Crippen LogP contribution in [0.15, 0.2) is 54.6 Å². The van der Waals surface area contributed by atoms with Gasteiger partial charge in [-0.3, -0.25) is 4.79 Å². The second-order valence-electron chi connectivity index (χ2n) is 5.03. The fourth-order valence-corrected chi connectivity index (χ4v) is 3.05. The molecule has 1 atom stereocenters. The molecule has 1 heterocycles. The number of morpholine rings is 1. The van der Waals surface area contributed by atoms with Crippen molar-refractivity contribution in [3.05, 3.63) is 69.3 Å². The molecule has 4 heteroatoms. The van der Waals surface area contributed by atoms with Gasteiger partial charge in [-0.1, -0.05) is 36.4 Å². The summed E-state index contributed by atoms with van der Waals surface area (Å²) >= 11 is 2.23. The molecule has 1 amide bonds. The monoisotopic (exact) mass is 393 g/mol. The molecule has 0 saturated carbocycles. The summed E-state index contributed by atoms with van der Waals surface area (Å²) in [5, 5.41) is 0. The molecule has 108 valence electrons. The van der Waals surface area contributed by atoms with E-state index in [0.29, 0.717) is 19.7 Å². The number of carbonyl (C=O) groups excluding carboxylic acids is 1. The average Bonchev–Trinajstić information content (AvgIpc) is 2.55. The first-order valence-electron chi connectivity index (χ1n) is 6.95. The van der Waals surface area contributed by atoms with Gasteiger partial charge >= 0.3 is 0 Å². The maximum Gasteiger partial charge on any atom is 0.254 e. The molecule has 1 saturated heterocycles. The zero-order valence-electron chi connectivity index (χ0n) is 11.5. The molecule has 0 bridgehead atoms. The fraction of sp³-hybridized carbons (Fsp3) is 0.235. The van der Waals surface area contributed by atoms with Crippen molar-refractivity contribution in [3.8, 4) is 0 Å². The summed E-state index contributed by atoms with van der Waals surface area (Å²) < 4.78 is 6.88. The summed E-state index contributed by atoms with van der Waals surface area (Å²) in [7, 11) is 0. The van der Waals surface area contributed by atoms with Gasteiger partial charge in [0.1, 0.15) is 6.10 Å². The third-order valence-corrected chi connectivity index (χ3v) is 4.27. The third-order valence-electron chi connectivity index (χ3n) is 3.60. The Morgan fingerprint density at radius 1 is 1.14 bits per heavy atom. The van der Waals surface area contributed by atoms with Crippen LogP contribution < -0.4 is 0 Å². The molecular formula is C17H16INO2. The number of nitrogens with zero attached hydrogens (tertiary/aromatic N) is 1. The van der Waals surface area contributed by atoms with Crippen LogP contribution in [0.2, 0.25) is 0 Å². The predicted molar refractivity (Wildman–Crippen MR) is 90.2 cm³/mol. The van der Waals surface area contributed by atoms with Crippen LogP contribution in [0.25, 0.3) is 0 Å². The standard InChI is InChI=1S/C17H16INO2/c18-15-8-4-7-14(11-15)17(20)19-9-10-21-16(12-19)13-5-2-1-3-6-13/h1-8,11,16H,9-10,12H2. The molecule has 2 aromatic rings. The van der Waals surface area contributed by atoms with Crippen LogP contribution in [0.3, 0.4) is 0 Å². The molecule has 1 fully saturated rings. The molecule has 0 aromatic heterocycles. The Kier molecular flexibility index (Phi) is 4.55. The number of halogens is 1. The van der Waals surface area contributed by atoms with E-state index < -0.39 is 0 Å². The van der Waals surface area contributed by atoms with E-state index >= 15 is 0 Å². The van der Waals surface area contributed by atoms with Crippen molar-refractivity contribution in [1.82, 2.24) is 4.90 Å². The zero-order chi connectivity index (χ0) is 14.7. The smallest absolute Gasteiger partial charge is 0.254 e. The molecule has 1 unspecified atom stereocenters. The lowest BCUT2D eigenvalue weighted by atomic mass is 10.1. The molecule has 1 aliphatic rings. The van der Waals surface area contributed by atoms with Crippen molar-refractivity contribution >= 4 is 28.5 Å². The minimum Gasteiger partial charge on any atom is -0.370 e. The first-order valence-corrected chi connectivity index (χ1v) is 8.03. The SMILES string of the molecule is O=C(c1cccc(I)c1)N1CCOC(c2ccccc2)C1. The Labute approximate surface area is 138 Å². The van der Waals surface area contributed by atoms with Gasteiger partial charge in [-0.05, 0) is 46.4 Å². The van der Waals surface area contributed by atoms with Crippen molar-refractivity contribution in [2.75, 3.05) is 19.7 Å². The molecular weight excluding hydrogens is 377 g/mol. The second kappa shape index (κ2) is 6.58. The maximum atomic E-state index is 12.6. The molecule has 1 aliphatic heterocycles. The average molecular weight is 393 g/mol. The van der Waals surface area contributed by atoms with Gasteiger partial charge in [0.25, 0.3) is 5.91 Å². The zero-order valence-corrected chi connectivity index (χ0v) is 13.7. The summed E-state index contributed by atoms with van der Waals surface area (Å²) in [5.41, 5.74) is 1.87. The highest BCUT2D eigenvalue weighted by Crippen LogP contribution is 2.23. The Bertz CT molecular complexity index is 630. The maximum absolute atomic E-state index is 12.6. The van der Waals surface area contributed by atoms with Gasteiger partial charge in [-0.2, -0.15) is 0 Å². The summed E-state index contributed by atoms with van der Waals surface area (Å²) in [5.74, 6) is 0.0812. The first-order chi connectivity index (χ1) is 10.2. The molecule has 3 nitrogen and oxygen atoms in total. The van der Waals surface area contributed by atoms with Crippen LogP contribution in [-0.2, 0) is 4.74 Å². The largest absolute Gasteiger partial charge is 0.370 e. The molecule has 2 aromatic carbocycles. The number of ether oxygens (including phenoxy) is 1. The summed E-state index contributed by atoms with van der Waals surface area (Å²) in [6, 6.07) is 17.8. The summed E-state index contributed by atoms with van der Waals surface area (Å²) in [6.45, 7) is 1.83. The van der Waals surface area contributed by atoms with Gasteiger partial charge in [0, 0.05) is 15.7 Å². The minimum atomic E-state index is -0.0355. The number of hydrogen-bond donors (Lipinski definition) is 0. The highest BCUT2D eigenvalue weighted by atomic mass is 127. The lowest BCUT2D eigenvalue weighted by Crippen LogP contribution is -2.42. The number of rotatable bonds is 2. The number of carbonyl (C=O) groups is 1. The number of benzene rings is 2. The van der Waals surface area contributed by atoms with Gasteiger partial charge in [-0.25, -0.2) is 0 Å². The lowest BCUT2D eigenvalue weighted by molar-refractivity contribution is -0.0228. The third kappa shape index (κ3) is 3.44. The fourth-order valence-electron chi connectivity index (χ4n) is 2.51. The summed E-state index contributed by atoms with van der Waals surface area (Å²) in [6.07, 6.45) is -0.0355. The second-order valence-corrected chi connectivity index (χ2v) is 6.28. The van der Waals surface area contributed by atoms with Crippen LogP contribution in [0.1, 0.15) is 22.0 Å².